The molecular weight excluding hydrogens is 297 g/mol. The second-order valence-electron chi connectivity index (χ2n) is 4.24. The van der Waals surface area contributed by atoms with Crippen LogP contribution in [0, 0.1) is 19.7 Å². The highest BCUT2D eigenvalue weighted by molar-refractivity contribution is 9.10. The lowest BCUT2D eigenvalue weighted by molar-refractivity contribution is 0.434. The Balaban J connectivity index is 2.52. The Bertz CT molecular complexity index is 525. The summed E-state index contributed by atoms with van der Waals surface area (Å²) < 4.78 is 20.4. The van der Waals surface area contributed by atoms with Crippen LogP contribution >= 0.6 is 15.9 Å². The van der Waals surface area contributed by atoms with Crippen LogP contribution in [-0.4, -0.2) is 7.05 Å². The third-order valence-electron chi connectivity index (χ3n) is 3.05. The first-order valence-corrected chi connectivity index (χ1v) is 6.52. The van der Waals surface area contributed by atoms with Crippen molar-refractivity contribution in [2.45, 2.75) is 19.9 Å². The molecule has 96 valence electrons. The average molecular weight is 312 g/mol. The molecule has 18 heavy (non-hydrogen) atoms. The SMILES string of the molecule is CNC(c1cc(C)c(C)o1)c1c(F)cccc1Br. The Labute approximate surface area is 114 Å². The smallest absolute Gasteiger partial charge is 0.129 e. The van der Waals surface area contributed by atoms with Crippen LogP contribution in [0.5, 0.6) is 0 Å². The van der Waals surface area contributed by atoms with Gasteiger partial charge in [0.25, 0.3) is 0 Å². The molecule has 2 aromatic rings. The molecule has 0 radical (unpaired) electrons. The van der Waals surface area contributed by atoms with E-state index in [0.717, 1.165) is 21.6 Å². The Morgan fingerprint density at radius 2 is 2.06 bits per heavy atom. The lowest BCUT2D eigenvalue weighted by Gasteiger charge is -2.16. The number of halogens is 2. The van der Waals surface area contributed by atoms with Crippen molar-refractivity contribution in [1.29, 1.82) is 0 Å². The molecule has 1 heterocycles. The van der Waals surface area contributed by atoms with Crippen LogP contribution in [0.4, 0.5) is 4.39 Å². The molecule has 0 aliphatic heterocycles. The van der Waals surface area contributed by atoms with E-state index in [2.05, 4.69) is 21.2 Å². The molecule has 0 saturated carbocycles. The summed E-state index contributed by atoms with van der Waals surface area (Å²) in [4.78, 5) is 0. The molecule has 0 bridgehead atoms. The zero-order chi connectivity index (χ0) is 13.3. The van der Waals surface area contributed by atoms with Gasteiger partial charge in [-0.1, -0.05) is 22.0 Å². The summed E-state index contributed by atoms with van der Waals surface area (Å²) in [6.07, 6.45) is 0. The summed E-state index contributed by atoms with van der Waals surface area (Å²) in [5.74, 6) is 1.33. The number of furan rings is 1. The van der Waals surface area contributed by atoms with Crippen LogP contribution in [0.3, 0.4) is 0 Å². The van der Waals surface area contributed by atoms with E-state index in [0.29, 0.717) is 5.56 Å². The predicted octanol–water partition coefficient (Wildman–Crippen LogP) is 4.11. The normalized spacial score (nSPS) is 12.7. The Kier molecular flexibility index (Phi) is 3.88. The molecule has 1 aromatic carbocycles. The van der Waals surface area contributed by atoms with Crippen LogP contribution in [0.25, 0.3) is 0 Å². The fourth-order valence-electron chi connectivity index (χ4n) is 1.96. The predicted molar refractivity (Wildman–Crippen MR) is 73.2 cm³/mol. The summed E-state index contributed by atoms with van der Waals surface area (Å²) in [5, 5.41) is 3.09. The molecule has 0 saturated heterocycles. The van der Waals surface area contributed by atoms with Gasteiger partial charge in [0.2, 0.25) is 0 Å². The molecule has 1 N–H and O–H groups in total. The molecule has 0 fully saturated rings. The molecule has 0 spiro atoms. The van der Waals surface area contributed by atoms with Crippen LogP contribution in [0.2, 0.25) is 0 Å². The molecule has 2 nitrogen and oxygen atoms in total. The molecule has 2 rings (SSSR count). The van der Waals surface area contributed by atoms with E-state index in [4.69, 9.17) is 4.42 Å². The molecule has 1 unspecified atom stereocenters. The summed E-state index contributed by atoms with van der Waals surface area (Å²) in [5.41, 5.74) is 1.63. The van der Waals surface area contributed by atoms with E-state index >= 15 is 0 Å². The Hall–Kier alpha value is -1.13. The molecule has 0 aliphatic rings. The highest BCUT2D eigenvalue weighted by Crippen LogP contribution is 2.32. The average Bonchev–Trinajstić information content (AvgIpc) is 2.64. The Morgan fingerprint density at radius 3 is 2.56 bits per heavy atom. The van der Waals surface area contributed by atoms with E-state index in [1.165, 1.54) is 6.07 Å². The first kappa shape index (κ1) is 13.3. The third kappa shape index (κ3) is 2.35. The summed E-state index contributed by atoms with van der Waals surface area (Å²) in [6, 6.07) is 6.59. The fraction of sp³-hybridized carbons (Fsp3) is 0.286. The minimum atomic E-state index is -0.298. The van der Waals surface area contributed by atoms with Gasteiger partial charge in [-0.05, 0) is 44.7 Å². The van der Waals surface area contributed by atoms with Crippen molar-refractivity contribution in [2.75, 3.05) is 7.05 Å². The Morgan fingerprint density at radius 1 is 1.33 bits per heavy atom. The molecule has 1 aromatic heterocycles. The quantitative estimate of drug-likeness (QED) is 0.923. The summed E-state index contributed by atoms with van der Waals surface area (Å²) in [6.45, 7) is 3.88. The van der Waals surface area contributed by atoms with E-state index < -0.39 is 0 Å². The summed E-state index contributed by atoms with van der Waals surface area (Å²) in [7, 11) is 1.79. The number of nitrogens with one attached hydrogen (secondary N) is 1. The molecular formula is C14H15BrFNO. The molecule has 1 atom stereocenters. The minimum absolute atomic E-state index is 0.254. The topological polar surface area (TPSA) is 25.2 Å². The van der Waals surface area contributed by atoms with Crippen molar-refractivity contribution < 1.29 is 8.81 Å². The van der Waals surface area contributed by atoms with Crippen molar-refractivity contribution >= 4 is 15.9 Å². The lowest BCUT2D eigenvalue weighted by atomic mass is 10.0. The second-order valence-corrected chi connectivity index (χ2v) is 5.10. The van der Waals surface area contributed by atoms with Crippen molar-refractivity contribution in [2.24, 2.45) is 0 Å². The van der Waals surface area contributed by atoms with Gasteiger partial charge in [-0.3, -0.25) is 0 Å². The zero-order valence-corrected chi connectivity index (χ0v) is 12.1. The van der Waals surface area contributed by atoms with Gasteiger partial charge < -0.3 is 9.73 Å². The number of aryl methyl sites for hydroxylation is 2. The minimum Gasteiger partial charge on any atom is -0.464 e. The lowest BCUT2D eigenvalue weighted by Crippen LogP contribution is -2.19. The molecule has 4 heteroatoms. The highest BCUT2D eigenvalue weighted by atomic mass is 79.9. The number of benzene rings is 1. The maximum absolute atomic E-state index is 14.0. The first-order valence-electron chi connectivity index (χ1n) is 5.72. The van der Waals surface area contributed by atoms with Crippen LogP contribution in [0.15, 0.2) is 33.2 Å². The van der Waals surface area contributed by atoms with Crippen molar-refractivity contribution in [3.8, 4) is 0 Å². The second kappa shape index (κ2) is 5.24. The monoisotopic (exact) mass is 311 g/mol. The van der Waals surface area contributed by atoms with E-state index in [-0.39, 0.29) is 11.9 Å². The van der Waals surface area contributed by atoms with Crippen molar-refractivity contribution in [3.05, 3.63) is 57.2 Å². The van der Waals surface area contributed by atoms with Gasteiger partial charge in [0.05, 0.1) is 6.04 Å². The number of hydrogen-bond donors (Lipinski definition) is 1. The zero-order valence-electron chi connectivity index (χ0n) is 10.6. The third-order valence-corrected chi connectivity index (χ3v) is 3.74. The summed E-state index contributed by atoms with van der Waals surface area (Å²) >= 11 is 3.39. The number of rotatable bonds is 3. The van der Waals surface area contributed by atoms with Gasteiger partial charge in [0.15, 0.2) is 0 Å². The van der Waals surface area contributed by atoms with Gasteiger partial charge in [-0.15, -0.1) is 0 Å². The van der Waals surface area contributed by atoms with E-state index in [1.54, 1.807) is 13.1 Å². The van der Waals surface area contributed by atoms with Gasteiger partial charge >= 0.3 is 0 Å². The maximum atomic E-state index is 14.0. The van der Waals surface area contributed by atoms with Gasteiger partial charge in [-0.25, -0.2) is 4.39 Å². The first-order chi connectivity index (χ1) is 8.54. The van der Waals surface area contributed by atoms with Gasteiger partial charge in [-0.2, -0.15) is 0 Å². The molecule has 0 amide bonds. The number of hydrogen-bond acceptors (Lipinski definition) is 2. The van der Waals surface area contributed by atoms with E-state index in [9.17, 15) is 4.39 Å². The fourth-order valence-corrected chi connectivity index (χ4v) is 2.53. The highest BCUT2D eigenvalue weighted by Gasteiger charge is 2.22. The van der Waals surface area contributed by atoms with Crippen molar-refractivity contribution in [3.63, 3.8) is 0 Å². The van der Waals surface area contributed by atoms with E-state index in [1.807, 2.05) is 26.0 Å². The van der Waals surface area contributed by atoms with Crippen LogP contribution in [0.1, 0.15) is 28.7 Å². The van der Waals surface area contributed by atoms with Gasteiger partial charge in [0, 0.05) is 10.0 Å². The standard InChI is InChI=1S/C14H15BrFNO/c1-8-7-12(18-9(8)2)14(17-3)13-10(15)5-4-6-11(13)16/h4-7,14,17H,1-3H3. The van der Waals surface area contributed by atoms with Crippen LogP contribution < -0.4 is 5.32 Å². The van der Waals surface area contributed by atoms with Crippen molar-refractivity contribution in [1.82, 2.24) is 5.32 Å². The van der Waals surface area contributed by atoms with Crippen LogP contribution in [-0.2, 0) is 0 Å². The van der Waals surface area contributed by atoms with Gasteiger partial charge in [0.1, 0.15) is 17.3 Å². The molecule has 0 aliphatic carbocycles. The maximum Gasteiger partial charge on any atom is 0.129 e. The largest absolute Gasteiger partial charge is 0.464 e.